The molecule has 2 aromatic carbocycles. The molecule has 0 spiro atoms. The van der Waals surface area contributed by atoms with Crippen molar-refractivity contribution in [1.29, 1.82) is 0 Å². The van der Waals surface area contributed by atoms with Gasteiger partial charge in [-0.2, -0.15) is 0 Å². The number of hydrogen-bond acceptors (Lipinski definition) is 5. The minimum atomic E-state index is -0.850. The van der Waals surface area contributed by atoms with Crippen LogP contribution in [0.5, 0.6) is 11.5 Å². The van der Waals surface area contributed by atoms with Crippen molar-refractivity contribution in [1.82, 2.24) is 4.90 Å². The number of carbonyl (C=O) groups is 2. The molecule has 1 aliphatic rings. The summed E-state index contributed by atoms with van der Waals surface area (Å²) >= 11 is 0. The highest BCUT2D eigenvalue weighted by molar-refractivity contribution is 5.90. The molecule has 0 fully saturated rings. The first-order valence-corrected chi connectivity index (χ1v) is 9.47. The summed E-state index contributed by atoms with van der Waals surface area (Å²) in [6, 6.07) is 13.4. The Hall–Kier alpha value is -3.28. The standard InChI is InChI=1S/C23H25NO5/c1-16(23(26)24-11-10-18-6-4-5-7-19(18)15-24)29-22(25)9-8-17-12-20(27-2)14-21(13-17)28-3/h4-9,12-14,16H,10-11,15H2,1-3H3/b9-8+/t16-/m1/s1. The van der Waals surface area contributed by atoms with Gasteiger partial charge in [0.1, 0.15) is 11.5 Å². The highest BCUT2D eigenvalue weighted by Crippen LogP contribution is 2.23. The van der Waals surface area contributed by atoms with E-state index in [0.29, 0.717) is 24.6 Å². The number of rotatable bonds is 6. The van der Waals surface area contributed by atoms with E-state index in [9.17, 15) is 9.59 Å². The van der Waals surface area contributed by atoms with Crippen LogP contribution in [0.25, 0.3) is 6.08 Å². The minimum Gasteiger partial charge on any atom is -0.497 e. The van der Waals surface area contributed by atoms with Gasteiger partial charge >= 0.3 is 5.97 Å². The molecule has 1 amide bonds. The van der Waals surface area contributed by atoms with Gasteiger partial charge in [0.25, 0.3) is 5.91 Å². The molecule has 0 radical (unpaired) electrons. The van der Waals surface area contributed by atoms with Gasteiger partial charge in [-0.1, -0.05) is 24.3 Å². The Balaban J connectivity index is 1.59. The van der Waals surface area contributed by atoms with Crippen molar-refractivity contribution in [2.24, 2.45) is 0 Å². The maximum atomic E-state index is 12.7. The smallest absolute Gasteiger partial charge is 0.331 e. The molecule has 0 unspecified atom stereocenters. The fourth-order valence-electron chi connectivity index (χ4n) is 3.29. The van der Waals surface area contributed by atoms with Crippen molar-refractivity contribution in [2.45, 2.75) is 26.0 Å². The van der Waals surface area contributed by atoms with Gasteiger partial charge in [-0.05, 0) is 48.2 Å². The maximum absolute atomic E-state index is 12.7. The van der Waals surface area contributed by atoms with Crippen molar-refractivity contribution >= 4 is 18.0 Å². The molecule has 29 heavy (non-hydrogen) atoms. The predicted octanol–water partition coefficient (Wildman–Crippen LogP) is 3.23. The zero-order chi connectivity index (χ0) is 20.8. The van der Waals surface area contributed by atoms with Crippen molar-refractivity contribution in [3.63, 3.8) is 0 Å². The summed E-state index contributed by atoms with van der Waals surface area (Å²) in [5.74, 6) is 0.465. The molecule has 152 valence electrons. The summed E-state index contributed by atoms with van der Waals surface area (Å²) in [5, 5.41) is 0. The number of methoxy groups -OCH3 is 2. The van der Waals surface area contributed by atoms with Crippen LogP contribution in [0.4, 0.5) is 0 Å². The Morgan fingerprint density at radius 3 is 2.34 bits per heavy atom. The molecule has 0 saturated heterocycles. The Kier molecular flexibility index (Phi) is 6.54. The van der Waals surface area contributed by atoms with E-state index in [1.165, 1.54) is 11.6 Å². The molecule has 0 N–H and O–H groups in total. The normalized spacial score (nSPS) is 14.2. The van der Waals surface area contributed by atoms with E-state index in [2.05, 4.69) is 6.07 Å². The second kappa shape index (κ2) is 9.28. The van der Waals surface area contributed by atoms with Crippen molar-refractivity contribution in [3.05, 3.63) is 65.2 Å². The number of esters is 1. The van der Waals surface area contributed by atoms with Crippen molar-refractivity contribution < 1.29 is 23.8 Å². The lowest BCUT2D eigenvalue weighted by molar-refractivity contribution is -0.155. The minimum absolute atomic E-state index is 0.190. The number of hydrogen-bond donors (Lipinski definition) is 0. The average molecular weight is 395 g/mol. The van der Waals surface area contributed by atoms with Crippen LogP contribution in [0.1, 0.15) is 23.6 Å². The monoisotopic (exact) mass is 395 g/mol. The molecule has 0 aromatic heterocycles. The van der Waals surface area contributed by atoms with Gasteiger partial charge in [0.15, 0.2) is 6.10 Å². The number of amides is 1. The zero-order valence-corrected chi connectivity index (χ0v) is 16.9. The molecular formula is C23H25NO5. The topological polar surface area (TPSA) is 65.1 Å². The summed E-state index contributed by atoms with van der Waals surface area (Å²) in [5.41, 5.74) is 3.13. The van der Waals surface area contributed by atoms with Crippen molar-refractivity contribution in [3.8, 4) is 11.5 Å². The molecule has 6 heteroatoms. The fraction of sp³-hybridized carbons (Fsp3) is 0.304. The summed E-state index contributed by atoms with van der Waals surface area (Å²) < 4.78 is 15.7. The van der Waals surface area contributed by atoms with Gasteiger partial charge in [-0.25, -0.2) is 4.79 Å². The second-order valence-electron chi connectivity index (χ2n) is 6.84. The third-order valence-electron chi connectivity index (χ3n) is 4.87. The van der Waals surface area contributed by atoms with E-state index in [4.69, 9.17) is 14.2 Å². The van der Waals surface area contributed by atoms with E-state index in [1.807, 2.05) is 18.2 Å². The molecule has 0 bridgehead atoms. The quantitative estimate of drug-likeness (QED) is 0.555. The lowest BCUT2D eigenvalue weighted by Gasteiger charge is -2.30. The van der Waals surface area contributed by atoms with E-state index in [0.717, 1.165) is 17.5 Å². The van der Waals surface area contributed by atoms with Gasteiger partial charge in [-0.15, -0.1) is 0 Å². The molecular weight excluding hydrogens is 370 g/mol. The molecule has 1 heterocycles. The Morgan fingerprint density at radius 2 is 1.69 bits per heavy atom. The van der Waals surface area contributed by atoms with Crippen LogP contribution in [0.15, 0.2) is 48.5 Å². The van der Waals surface area contributed by atoms with Gasteiger partial charge < -0.3 is 19.1 Å². The number of fused-ring (bicyclic) bond motifs is 1. The average Bonchev–Trinajstić information content (AvgIpc) is 2.76. The van der Waals surface area contributed by atoms with E-state index in [1.54, 1.807) is 50.3 Å². The third kappa shape index (κ3) is 5.16. The van der Waals surface area contributed by atoms with Gasteiger partial charge in [0.2, 0.25) is 0 Å². The number of benzene rings is 2. The van der Waals surface area contributed by atoms with Crippen LogP contribution in [0.3, 0.4) is 0 Å². The molecule has 0 aliphatic carbocycles. The lowest BCUT2D eigenvalue weighted by atomic mass is 9.99. The second-order valence-corrected chi connectivity index (χ2v) is 6.84. The summed E-state index contributed by atoms with van der Waals surface area (Å²) in [6.45, 7) is 2.76. The van der Waals surface area contributed by atoms with Crippen LogP contribution < -0.4 is 9.47 Å². The van der Waals surface area contributed by atoms with E-state index < -0.39 is 12.1 Å². The third-order valence-corrected chi connectivity index (χ3v) is 4.87. The van der Waals surface area contributed by atoms with E-state index in [-0.39, 0.29) is 5.91 Å². The predicted molar refractivity (Wildman–Crippen MR) is 110 cm³/mol. The van der Waals surface area contributed by atoms with Gasteiger partial charge in [-0.3, -0.25) is 4.79 Å². The number of nitrogens with zero attached hydrogens (tertiary/aromatic N) is 1. The number of carbonyl (C=O) groups excluding carboxylic acids is 2. The molecule has 2 aromatic rings. The first-order chi connectivity index (χ1) is 14.0. The first kappa shape index (κ1) is 20.5. The maximum Gasteiger partial charge on any atom is 0.331 e. The Labute approximate surface area is 170 Å². The van der Waals surface area contributed by atoms with Crippen molar-refractivity contribution in [2.75, 3.05) is 20.8 Å². The van der Waals surface area contributed by atoms with Gasteiger partial charge in [0, 0.05) is 25.2 Å². The lowest BCUT2D eigenvalue weighted by Crippen LogP contribution is -2.42. The molecule has 6 nitrogen and oxygen atoms in total. The number of ether oxygens (including phenoxy) is 3. The largest absolute Gasteiger partial charge is 0.497 e. The van der Waals surface area contributed by atoms with Crippen LogP contribution in [-0.2, 0) is 27.3 Å². The van der Waals surface area contributed by atoms with Crippen LogP contribution in [0.2, 0.25) is 0 Å². The molecule has 3 rings (SSSR count). The molecule has 0 saturated carbocycles. The zero-order valence-electron chi connectivity index (χ0n) is 16.9. The summed E-state index contributed by atoms with van der Waals surface area (Å²) in [7, 11) is 3.12. The molecule has 1 aliphatic heterocycles. The van der Waals surface area contributed by atoms with Crippen LogP contribution in [-0.4, -0.2) is 43.6 Å². The van der Waals surface area contributed by atoms with Gasteiger partial charge in [0.05, 0.1) is 14.2 Å². The van der Waals surface area contributed by atoms with Crippen LogP contribution >= 0.6 is 0 Å². The van der Waals surface area contributed by atoms with Crippen LogP contribution in [0, 0.1) is 0 Å². The SMILES string of the molecule is COc1cc(/C=C/C(=O)O[C@H](C)C(=O)N2CCc3ccccc3C2)cc(OC)c1. The van der Waals surface area contributed by atoms with E-state index >= 15 is 0 Å². The highest BCUT2D eigenvalue weighted by Gasteiger charge is 2.26. The summed E-state index contributed by atoms with van der Waals surface area (Å²) in [6.07, 6.45) is 2.85. The fourth-order valence-corrected chi connectivity index (χ4v) is 3.29. The summed E-state index contributed by atoms with van der Waals surface area (Å²) in [4.78, 5) is 26.6. The first-order valence-electron chi connectivity index (χ1n) is 9.47. The Morgan fingerprint density at radius 1 is 1.03 bits per heavy atom. The Bertz CT molecular complexity index is 899. The molecule has 1 atom stereocenters. The highest BCUT2D eigenvalue weighted by atomic mass is 16.5.